The van der Waals surface area contributed by atoms with E-state index in [0.29, 0.717) is 23.4 Å². The molecule has 18 heavy (non-hydrogen) atoms. The average Bonchev–Trinajstić information content (AvgIpc) is 2.38. The third-order valence-corrected chi connectivity index (χ3v) is 2.78. The second-order valence-electron chi connectivity index (χ2n) is 3.75. The van der Waals surface area contributed by atoms with E-state index in [2.05, 4.69) is 4.98 Å². The maximum atomic E-state index is 11.6. The summed E-state index contributed by atoms with van der Waals surface area (Å²) in [6, 6.07) is 6.36. The number of pyridine rings is 1. The Morgan fingerprint density at radius 2 is 2.17 bits per heavy atom. The summed E-state index contributed by atoms with van der Waals surface area (Å²) < 4.78 is 5.44. The van der Waals surface area contributed by atoms with Crippen LogP contribution in [-0.4, -0.2) is 23.3 Å². The summed E-state index contributed by atoms with van der Waals surface area (Å²) in [5.74, 6) is 0.229. The fourth-order valence-electron chi connectivity index (χ4n) is 1.74. The molecule has 1 aromatic heterocycles. The molecular formula is C13H12ClNO3. The summed E-state index contributed by atoms with van der Waals surface area (Å²) in [6.45, 7) is 2.29. The first-order valence-corrected chi connectivity index (χ1v) is 6.08. The van der Waals surface area contributed by atoms with Crippen LogP contribution in [-0.2, 0) is 0 Å². The number of rotatable bonds is 4. The molecule has 0 bridgehead atoms. The molecule has 0 amide bonds. The number of benzene rings is 1. The Kier molecular flexibility index (Phi) is 3.67. The number of ether oxygens (including phenoxy) is 1. The minimum absolute atomic E-state index is 0.0829. The van der Waals surface area contributed by atoms with Crippen molar-refractivity contribution >= 4 is 28.3 Å². The van der Waals surface area contributed by atoms with Gasteiger partial charge in [0.1, 0.15) is 5.75 Å². The Morgan fingerprint density at radius 1 is 1.39 bits per heavy atom. The highest BCUT2D eigenvalue weighted by Crippen LogP contribution is 2.25. The van der Waals surface area contributed by atoms with E-state index < -0.39 is 0 Å². The predicted octanol–water partition coefficient (Wildman–Crippen LogP) is 2.35. The van der Waals surface area contributed by atoms with Crippen molar-refractivity contribution in [3.8, 4) is 5.75 Å². The number of alkyl halides is 1. The third-order valence-electron chi connectivity index (χ3n) is 2.54. The fourth-order valence-corrected chi connectivity index (χ4v) is 1.89. The normalized spacial score (nSPS) is 10.6. The number of H-pyrrole nitrogens is 1. The quantitative estimate of drug-likeness (QED) is 0.682. The molecule has 94 valence electrons. The minimum Gasteiger partial charge on any atom is -0.492 e. The average molecular weight is 266 g/mol. The van der Waals surface area contributed by atoms with Crippen LogP contribution in [0.1, 0.15) is 17.3 Å². The molecule has 1 heterocycles. The van der Waals surface area contributed by atoms with Gasteiger partial charge in [0.25, 0.3) is 0 Å². The second kappa shape index (κ2) is 5.23. The number of aromatic amines is 1. The first-order valence-electron chi connectivity index (χ1n) is 5.54. The monoisotopic (exact) mass is 265 g/mol. The third kappa shape index (κ3) is 2.38. The van der Waals surface area contributed by atoms with Gasteiger partial charge in [-0.3, -0.25) is 9.59 Å². The molecule has 2 rings (SSSR count). The van der Waals surface area contributed by atoms with Crippen LogP contribution >= 0.6 is 11.6 Å². The smallest absolute Gasteiger partial charge is 0.248 e. The van der Waals surface area contributed by atoms with Crippen LogP contribution < -0.4 is 10.3 Å². The van der Waals surface area contributed by atoms with E-state index in [-0.39, 0.29) is 17.2 Å². The van der Waals surface area contributed by atoms with Crippen LogP contribution in [0.2, 0.25) is 0 Å². The van der Waals surface area contributed by atoms with Crippen LogP contribution in [0, 0.1) is 0 Å². The van der Waals surface area contributed by atoms with Crippen molar-refractivity contribution in [2.75, 3.05) is 12.5 Å². The Labute approximate surface area is 109 Å². The van der Waals surface area contributed by atoms with Gasteiger partial charge in [-0.15, -0.1) is 11.6 Å². The first-order chi connectivity index (χ1) is 8.65. The van der Waals surface area contributed by atoms with E-state index in [0.717, 1.165) is 5.39 Å². The predicted molar refractivity (Wildman–Crippen MR) is 70.8 cm³/mol. The molecule has 2 aromatic rings. The number of carbonyl (C=O) groups excluding carboxylic acids is 1. The Morgan fingerprint density at radius 3 is 2.83 bits per heavy atom. The van der Waals surface area contributed by atoms with E-state index in [1.807, 2.05) is 6.92 Å². The number of hydrogen-bond donors (Lipinski definition) is 1. The molecule has 0 aliphatic carbocycles. The lowest BCUT2D eigenvalue weighted by molar-refractivity contribution is 0.102. The second-order valence-corrected chi connectivity index (χ2v) is 4.02. The number of nitrogens with one attached hydrogen (secondary N) is 1. The zero-order valence-electron chi connectivity index (χ0n) is 9.83. The van der Waals surface area contributed by atoms with Gasteiger partial charge in [-0.2, -0.15) is 0 Å². The van der Waals surface area contributed by atoms with Gasteiger partial charge in [-0.1, -0.05) is 0 Å². The van der Waals surface area contributed by atoms with Crippen molar-refractivity contribution in [1.29, 1.82) is 0 Å². The van der Waals surface area contributed by atoms with Crippen molar-refractivity contribution in [1.82, 2.24) is 4.98 Å². The maximum absolute atomic E-state index is 11.6. The summed E-state index contributed by atoms with van der Waals surface area (Å²) in [5, 5.41) is 0.744. The summed E-state index contributed by atoms with van der Waals surface area (Å²) in [6.07, 6.45) is 0. The van der Waals surface area contributed by atoms with Gasteiger partial charge < -0.3 is 9.72 Å². The van der Waals surface area contributed by atoms with Crippen molar-refractivity contribution in [2.24, 2.45) is 0 Å². The van der Waals surface area contributed by atoms with Gasteiger partial charge in [0.05, 0.1) is 18.0 Å². The molecule has 5 heteroatoms. The number of fused-ring (bicyclic) bond motifs is 1. The summed E-state index contributed by atoms with van der Waals surface area (Å²) in [7, 11) is 0. The van der Waals surface area contributed by atoms with Gasteiger partial charge in [0.2, 0.25) is 5.56 Å². The standard InChI is InChI=1S/C13H12ClNO3/c1-2-18-11-6-9(10(16)7-14)5-8-3-4-12(17)15-13(8)11/h3-6H,2,7H2,1H3,(H,15,17). The lowest BCUT2D eigenvalue weighted by Crippen LogP contribution is -2.07. The number of hydrogen-bond acceptors (Lipinski definition) is 3. The number of carbonyl (C=O) groups is 1. The van der Waals surface area contributed by atoms with Crippen LogP contribution in [0.5, 0.6) is 5.75 Å². The lowest BCUT2D eigenvalue weighted by Gasteiger charge is -2.09. The molecule has 0 radical (unpaired) electrons. The molecule has 1 N–H and O–H groups in total. The molecular weight excluding hydrogens is 254 g/mol. The molecule has 0 unspecified atom stereocenters. The van der Waals surface area contributed by atoms with Crippen molar-refractivity contribution in [3.63, 3.8) is 0 Å². The highest BCUT2D eigenvalue weighted by Gasteiger charge is 2.10. The SMILES string of the molecule is CCOc1cc(C(=O)CCl)cc2ccc(=O)[nH]c12. The van der Waals surface area contributed by atoms with Crippen LogP contribution in [0.25, 0.3) is 10.9 Å². The molecule has 0 atom stereocenters. The highest BCUT2D eigenvalue weighted by atomic mass is 35.5. The zero-order valence-corrected chi connectivity index (χ0v) is 10.6. The van der Waals surface area contributed by atoms with Gasteiger partial charge in [0.15, 0.2) is 5.78 Å². The molecule has 0 saturated heterocycles. The van der Waals surface area contributed by atoms with Gasteiger partial charge in [0, 0.05) is 17.0 Å². The van der Waals surface area contributed by atoms with E-state index in [1.54, 1.807) is 18.2 Å². The Bertz CT molecular complexity index is 648. The topological polar surface area (TPSA) is 59.2 Å². The van der Waals surface area contributed by atoms with Crippen molar-refractivity contribution < 1.29 is 9.53 Å². The molecule has 0 aliphatic rings. The lowest BCUT2D eigenvalue weighted by atomic mass is 10.1. The van der Waals surface area contributed by atoms with Crippen molar-refractivity contribution in [3.05, 3.63) is 40.2 Å². The van der Waals surface area contributed by atoms with E-state index in [4.69, 9.17) is 16.3 Å². The Hall–Kier alpha value is -1.81. The zero-order chi connectivity index (χ0) is 13.1. The van der Waals surface area contributed by atoms with Crippen LogP contribution in [0.4, 0.5) is 0 Å². The largest absolute Gasteiger partial charge is 0.492 e. The molecule has 4 nitrogen and oxygen atoms in total. The molecule has 0 aliphatic heterocycles. The number of Topliss-reactive ketones (excluding diaryl/α,β-unsaturated/α-hetero) is 1. The molecule has 1 aromatic carbocycles. The number of ketones is 1. The van der Waals surface area contributed by atoms with E-state index in [1.165, 1.54) is 6.07 Å². The molecule has 0 spiro atoms. The minimum atomic E-state index is -0.208. The number of halogens is 1. The van der Waals surface area contributed by atoms with Gasteiger partial charge in [-0.25, -0.2) is 0 Å². The Balaban J connectivity index is 2.69. The fraction of sp³-hybridized carbons (Fsp3) is 0.231. The molecule has 0 fully saturated rings. The maximum Gasteiger partial charge on any atom is 0.248 e. The van der Waals surface area contributed by atoms with Crippen LogP contribution in [0.15, 0.2) is 29.1 Å². The van der Waals surface area contributed by atoms with Gasteiger partial charge in [-0.05, 0) is 25.1 Å². The summed E-state index contributed by atoms with van der Waals surface area (Å²) >= 11 is 5.54. The summed E-state index contributed by atoms with van der Waals surface area (Å²) in [4.78, 5) is 25.6. The van der Waals surface area contributed by atoms with Crippen molar-refractivity contribution in [2.45, 2.75) is 6.92 Å². The van der Waals surface area contributed by atoms with Gasteiger partial charge >= 0.3 is 0 Å². The summed E-state index contributed by atoms with van der Waals surface area (Å²) in [5.41, 5.74) is 0.864. The van der Waals surface area contributed by atoms with E-state index >= 15 is 0 Å². The molecule has 0 saturated carbocycles. The number of aromatic nitrogens is 1. The highest BCUT2D eigenvalue weighted by molar-refractivity contribution is 6.30. The van der Waals surface area contributed by atoms with Crippen LogP contribution in [0.3, 0.4) is 0 Å². The first kappa shape index (κ1) is 12.6. The van der Waals surface area contributed by atoms with E-state index in [9.17, 15) is 9.59 Å².